The fourth-order valence-corrected chi connectivity index (χ4v) is 3.01. The van der Waals surface area contributed by atoms with Gasteiger partial charge in [-0.2, -0.15) is 25.3 Å². The molecule has 2 aromatic carbocycles. The van der Waals surface area contributed by atoms with Crippen LogP contribution in [0.4, 0.5) is 0 Å². The highest BCUT2D eigenvalue weighted by atomic mass is 32.3. The van der Waals surface area contributed by atoms with Crippen LogP contribution < -0.4 is 12.5 Å². The van der Waals surface area contributed by atoms with Crippen LogP contribution in [0.1, 0.15) is 11.1 Å². The Kier molecular flexibility index (Phi) is 6.51. The normalized spacial score (nSPS) is 12.7. The Bertz CT molecular complexity index is 1170. The van der Waals surface area contributed by atoms with Crippen LogP contribution in [0.3, 0.4) is 0 Å². The van der Waals surface area contributed by atoms with E-state index in [1.807, 2.05) is 0 Å². The largest absolute Gasteiger partial charge is 0.446 e. The fraction of sp³-hybridized carbons (Fsp3) is 0. The molecule has 0 spiro atoms. The number of hydrogen-bond donors (Lipinski definition) is 3. The quantitative estimate of drug-likeness (QED) is 0.373. The summed E-state index contributed by atoms with van der Waals surface area (Å²) in [4.78, 5) is 0. The Labute approximate surface area is 165 Å². The zero-order valence-corrected chi connectivity index (χ0v) is 16.4. The van der Waals surface area contributed by atoms with Crippen LogP contribution in [0.15, 0.2) is 42.5 Å². The number of rotatable bonds is 8. The van der Waals surface area contributed by atoms with Crippen LogP contribution in [0.25, 0.3) is 12.2 Å². The van der Waals surface area contributed by atoms with Crippen LogP contribution in [0, 0.1) is 0 Å². The lowest BCUT2D eigenvalue weighted by Gasteiger charge is -2.07. The number of benzene rings is 2. The van der Waals surface area contributed by atoms with Crippen molar-refractivity contribution in [2.24, 2.45) is 0 Å². The van der Waals surface area contributed by atoms with E-state index in [0.29, 0.717) is 5.56 Å². The van der Waals surface area contributed by atoms with E-state index < -0.39 is 42.7 Å². The lowest BCUT2D eigenvalue weighted by molar-refractivity contribution is 0.380. The van der Waals surface area contributed by atoms with E-state index in [1.54, 1.807) is 0 Å². The zero-order chi connectivity index (χ0) is 21.9. The molecule has 0 saturated heterocycles. The Hall–Kier alpha value is -2.69. The zero-order valence-electron chi connectivity index (χ0n) is 13.9. The Morgan fingerprint density at radius 1 is 0.552 bits per heavy atom. The van der Waals surface area contributed by atoms with E-state index >= 15 is 0 Å². The van der Waals surface area contributed by atoms with Gasteiger partial charge in [0.25, 0.3) is 0 Å². The van der Waals surface area contributed by atoms with E-state index in [-0.39, 0.29) is 11.3 Å². The van der Waals surface area contributed by atoms with Crippen molar-refractivity contribution in [2.45, 2.75) is 0 Å². The lowest BCUT2D eigenvalue weighted by atomic mass is 10.1. The second kappa shape index (κ2) is 8.36. The first-order valence-electron chi connectivity index (χ1n) is 7.12. The van der Waals surface area contributed by atoms with Gasteiger partial charge in [0, 0.05) is 6.07 Å². The van der Waals surface area contributed by atoms with Crippen LogP contribution in [-0.4, -0.2) is 38.9 Å². The van der Waals surface area contributed by atoms with Gasteiger partial charge in [-0.1, -0.05) is 24.3 Å². The van der Waals surface area contributed by atoms with Gasteiger partial charge in [-0.15, -0.1) is 0 Å². The highest BCUT2D eigenvalue weighted by molar-refractivity contribution is 7.81. The second-order valence-electron chi connectivity index (χ2n) is 5.17. The topological polar surface area (TPSA) is 191 Å². The van der Waals surface area contributed by atoms with Gasteiger partial charge in [0.05, 0.1) is 0 Å². The molecule has 0 amide bonds. The van der Waals surface area contributed by atoms with Crippen molar-refractivity contribution >= 4 is 43.3 Å². The predicted molar refractivity (Wildman–Crippen MR) is 98.3 cm³/mol. The monoisotopic (exact) mass is 468 g/mol. The van der Waals surface area contributed by atoms with Crippen molar-refractivity contribution in [3.05, 3.63) is 53.6 Å². The summed E-state index contributed by atoms with van der Waals surface area (Å²) < 4.78 is 104. The van der Waals surface area contributed by atoms with Crippen molar-refractivity contribution < 1.29 is 51.5 Å². The first kappa shape index (κ1) is 22.6. The average Bonchev–Trinajstić information content (AvgIpc) is 2.49. The van der Waals surface area contributed by atoms with E-state index in [1.165, 1.54) is 36.4 Å². The summed E-state index contributed by atoms with van der Waals surface area (Å²) >= 11 is 0. The Morgan fingerprint density at radius 2 is 0.931 bits per heavy atom. The maximum absolute atomic E-state index is 10.9. The average molecular weight is 468 g/mol. The second-order valence-corrected chi connectivity index (χ2v) is 8.24. The van der Waals surface area contributed by atoms with Crippen molar-refractivity contribution in [3.63, 3.8) is 0 Å². The van der Waals surface area contributed by atoms with Gasteiger partial charge in [-0.3, -0.25) is 13.7 Å². The summed E-state index contributed by atoms with van der Waals surface area (Å²) in [5.41, 5.74) is 0.633. The third-order valence-corrected chi connectivity index (χ3v) is 4.06. The summed E-state index contributed by atoms with van der Waals surface area (Å²) in [6, 6.07) is 8.29. The molecule has 2 aromatic rings. The third kappa shape index (κ3) is 8.90. The molecule has 0 saturated carbocycles. The van der Waals surface area contributed by atoms with E-state index in [0.717, 1.165) is 18.2 Å². The van der Waals surface area contributed by atoms with Crippen molar-refractivity contribution in [1.29, 1.82) is 0 Å². The molecule has 0 aromatic heterocycles. The van der Waals surface area contributed by atoms with E-state index in [4.69, 9.17) is 13.7 Å². The molecule has 15 heteroatoms. The van der Waals surface area contributed by atoms with Gasteiger partial charge in [0.15, 0.2) is 0 Å². The Balaban J connectivity index is 2.32. The van der Waals surface area contributed by atoms with Crippen LogP contribution in [-0.2, 0) is 31.2 Å². The predicted octanol–water partition coefficient (Wildman–Crippen LogP) is 1.40. The van der Waals surface area contributed by atoms with Gasteiger partial charge in [0.1, 0.15) is 17.2 Å². The SMILES string of the molecule is O=S(=O)(O)Oc1ccc(/C=C/c2cc(OS(=O)(=O)O)cc(OS(=O)(=O)O)c2)cc1. The summed E-state index contributed by atoms with van der Waals surface area (Å²) in [6.45, 7) is 0. The summed E-state index contributed by atoms with van der Waals surface area (Å²) in [6.07, 6.45) is 2.80. The van der Waals surface area contributed by atoms with Crippen molar-refractivity contribution in [2.75, 3.05) is 0 Å². The van der Waals surface area contributed by atoms with Gasteiger partial charge < -0.3 is 12.5 Å². The summed E-state index contributed by atoms with van der Waals surface area (Å²) in [5.74, 6) is -1.17. The third-order valence-electron chi connectivity index (χ3n) is 2.86. The van der Waals surface area contributed by atoms with Crippen molar-refractivity contribution in [1.82, 2.24) is 0 Å². The minimum atomic E-state index is -4.92. The molecule has 0 aliphatic carbocycles. The molecule has 3 N–H and O–H groups in total. The molecule has 29 heavy (non-hydrogen) atoms. The standard InChI is InChI=1S/C14H12O12S3/c15-27(16,17)24-12-5-3-10(4-6-12)1-2-11-7-13(25-28(18,19)20)9-14(8-11)26-29(21,22)23/h1-9H,(H,15,16,17)(H,18,19,20)(H,21,22,23)/b2-1+. The smallest absolute Gasteiger partial charge is 0.362 e. The lowest BCUT2D eigenvalue weighted by Crippen LogP contribution is -2.09. The molecule has 0 bridgehead atoms. The van der Waals surface area contributed by atoms with Crippen LogP contribution in [0.5, 0.6) is 17.2 Å². The molecular weight excluding hydrogens is 456 g/mol. The molecule has 0 atom stereocenters. The van der Waals surface area contributed by atoms with Gasteiger partial charge >= 0.3 is 31.2 Å². The van der Waals surface area contributed by atoms with E-state index in [9.17, 15) is 25.3 Å². The summed E-state index contributed by atoms with van der Waals surface area (Å²) in [5, 5.41) is 0. The molecule has 0 unspecified atom stereocenters. The van der Waals surface area contributed by atoms with Gasteiger partial charge in [-0.25, -0.2) is 0 Å². The summed E-state index contributed by atoms with van der Waals surface area (Å²) in [7, 11) is -14.5. The maximum Gasteiger partial charge on any atom is 0.446 e. The molecule has 0 aliphatic rings. The van der Waals surface area contributed by atoms with Crippen LogP contribution >= 0.6 is 0 Å². The molecule has 12 nitrogen and oxygen atoms in total. The molecule has 0 heterocycles. The minimum absolute atomic E-state index is 0.142. The highest BCUT2D eigenvalue weighted by Crippen LogP contribution is 2.26. The highest BCUT2D eigenvalue weighted by Gasteiger charge is 2.13. The van der Waals surface area contributed by atoms with Crippen LogP contribution in [0.2, 0.25) is 0 Å². The van der Waals surface area contributed by atoms with Crippen molar-refractivity contribution in [3.8, 4) is 17.2 Å². The Morgan fingerprint density at radius 3 is 1.34 bits per heavy atom. The number of hydrogen-bond acceptors (Lipinski definition) is 9. The first-order chi connectivity index (χ1) is 13.2. The molecular formula is C14H12O12S3. The first-order valence-corrected chi connectivity index (χ1v) is 11.2. The molecule has 2 rings (SSSR count). The molecule has 0 aliphatic heterocycles. The van der Waals surface area contributed by atoms with Gasteiger partial charge in [0.2, 0.25) is 0 Å². The van der Waals surface area contributed by atoms with E-state index in [2.05, 4.69) is 12.5 Å². The minimum Gasteiger partial charge on any atom is -0.362 e. The molecule has 0 fully saturated rings. The van der Waals surface area contributed by atoms with Gasteiger partial charge in [-0.05, 0) is 35.4 Å². The maximum atomic E-state index is 10.9. The molecule has 158 valence electrons. The molecule has 0 radical (unpaired) electrons. The fourth-order valence-electron chi connectivity index (χ4n) is 1.98.